The van der Waals surface area contributed by atoms with Crippen LogP contribution in [0.25, 0.3) is 10.9 Å². The van der Waals surface area contributed by atoms with E-state index in [2.05, 4.69) is 5.32 Å². The van der Waals surface area contributed by atoms with Crippen molar-refractivity contribution in [3.8, 4) is 0 Å². The van der Waals surface area contributed by atoms with Gasteiger partial charge in [-0.3, -0.25) is 14.2 Å². The Morgan fingerprint density at radius 2 is 1.73 bits per heavy atom. The van der Waals surface area contributed by atoms with Crippen molar-refractivity contribution < 1.29 is 9.69 Å². The zero-order valence-electron chi connectivity index (χ0n) is 17.7. The topological polar surface area (TPSA) is 68.4 Å². The summed E-state index contributed by atoms with van der Waals surface area (Å²) in [5.41, 5.74) is 3.37. The largest absolute Gasteiger partial charge is 0.329 e. The van der Waals surface area contributed by atoms with E-state index < -0.39 is 0 Å². The molecule has 0 atom stereocenters. The van der Waals surface area contributed by atoms with Gasteiger partial charge in [0.1, 0.15) is 13.1 Å². The number of quaternary nitrogens is 1. The molecular weight excluding hydrogens is 376 g/mol. The lowest BCUT2D eigenvalue weighted by molar-refractivity contribution is -0.919. The number of piperidine rings is 1. The van der Waals surface area contributed by atoms with E-state index >= 15 is 0 Å². The van der Waals surface area contributed by atoms with E-state index in [4.69, 9.17) is 4.98 Å². The lowest BCUT2D eigenvalue weighted by Crippen LogP contribution is -3.11. The van der Waals surface area contributed by atoms with E-state index in [0.717, 1.165) is 29.9 Å². The van der Waals surface area contributed by atoms with Gasteiger partial charge in [-0.15, -0.1) is 0 Å². The number of benzene rings is 2. The lowest BCUT2D eigenvalue weighted by Gasteiger charge is -2.24. The number of carbonyl (C=O) groups excluding carboxylic acids is 1. The van der Waals surface area contributed by atoms with Crippen LogP contribution in [-0.2, 0) is 17.9 Å². The molecule has 1 fully saturated rings. The molecule has 6 nitrogen and oxygen atoms in total. The monoisotopic (exact) mass is 405 g/mol. The molecule has 0 bridgehead atoms. The molecule has 2 aromatic carbocycles. The van der Waals surface area contributed by atoms with Gasteiger partial charge >= 0.3 is 0 Å². The molecule has 3 aromatic rings. The number of rotatable bonds is 5. The predicted molar refractivity (Wildman–Crippen MR) is 119 cm³/mol. The van der Waals surface area contributed by atoms with E-state index in [-0.39, 0.29) is 18.0 Å². The summed E-state index contributed by atoms with van der Waals surface area (Å²) >= 11 is 0. The molecule has 1 aromatic heterocycles. The molecule has 4 rings (SSSR count). The van der Waals surface area contributed by atoms with Gasteiger partial charge in [-0.05, 0) is 56.4 Å². The molecule has 0 saturated carbocycles. The summed E-state index contributed by atoms with van der Waals surface area (Å²) in [5, 5.41) is 3.55. The fourth-order valence-corrected chi connectivity index (χ4v) is 4.30. The number of aryl methyl sites for hydroxylation is 2. The van der Waals surface area contributed by atoms with Crippen LogP contribution in [0, 0.1) is 13.8 Å². The highest BCUT2D eigenvalue weighted by Gasteiger charge is 2.20. The zero-order chi connectivity index (χ0) is 21.1. The predicted octanol–water partition coefficient (Wildman–Crippen LogP) is 2.22. The SMILES string of the molecule is Cc1cccc(C)c1NC(=O)Cn1c(C[NH+]2CCCCC2)nc2ccccc2c1=O. The fraction of sp³-hybridized carbons (Fsp3) is 0.375. The van der Waals surface area contributed by atoms with Crippen molar-refractivity contribution in [2.75, 3.05) is 18.4 Å². The Morgan fingerprint density at radius 3 is 2.47 bits per heavy atom. The Labute approximate surface area is 176 Å². The van der Waals surface area contributed by atoms with Gasteiger partial charge in [-0.2, -0.15) is 0 Å². The van der Waals surface area contributed by atoms with Gasteiger partial charge in [0.15, 0.2) is 5.82 Å². The summed E-state index contributed by atoms with van der Waals surface area (Å²) in [7, 11) is 0. The second-order valence-corrected chi connectivity index (χ2v) is 8.24. The highest BCUT2D eigenvalue weighted by Crippen LogP contribution is 2.19. The van der Waals surface area contributed by atoms with E-state index in [1.54, 1.807) is 10.6 Å². The Bertz CT molecular complexity index is 1110. The molecule has 0 unspecified atom stereocenters. The smallest absolute Gasteiger partial charge is 0.262 e. The molecule has 2 heterocycles. The van der Waals surface area contributed by atoms with Gasteiger partial charge < -0.3 is 10.2 Å². The molecule has 0 radical (unpaired) electrons. The summed E-state index contributed by atoms with van der Waals surface area (Å²) in [6, 6.07) is 13.3. The third kappa shape index (κ3) is 4.28. The second-order valence-electron chi connectivity index (χ2n) is 8.24. The molecule has 2 N–H and O–H groups in total. The van der Waals surface area contributed by atoms with E-state index in [0.29, 0.717) is 23.3 Å². The molecule has 0 aliphatic carbocycles. The minimum absolute atomic E-state index is 0.0347. The third-order valence-corrected chi connectivity index (χ3v) is 5.96. The van der Waals surface area contributed by atoms with Crippen LogP contribution >= 0.6 is 0 Å². The highest BCUT2D eigenvalue weighted by molar-refractivity contribution is 5.92. The Balaban J connectivity index is 1.67. The van der Waals surface area contributed by atoms with Crippen molar-refractivity contribution in [3.05, 3.63) is 69.8 Å². The lowest BCUT2D eigenvalue weighted by atomic mass is 10.1. The number of aromatic nitrogens is 2. The van der Waals surface area contributed by atoms with Gasteiger partial charge in [0.25, 0.3) is 5.56 Å². The summed E-state index contributed by atoms with van der Waals surface area (Å²) in [5.74, 6) is 0.480. The highest BCUT2D eigenvalue weighted by atomic mass is 16.2. The number of nitrogens with one attached hydrogen (secondary N) is 2. The van der Waals surface area contributed by atoms with Crippen LogP contribution in [0.2, 0.25) is 0 Å². The number of likely N-dealkylation sites (tertiary alicyclic amines) is 1. The van der Waals surface area contributed by atoms with E-state index in [9.17, 15) is 9.59 Å². The summed E-state index contributed by atoms with van der Waals surface area (Å²) in [6.45, 7) is 6.73. The fourth-order valence-electron chi connectivity index (χ4n) is 4.30. The number of hydrogen-bond donors (Lipinski definition) is 2. The number of amides is 1. The zero-order valence-corrected chi connectivity index (χ0v) is 17.7. The van der Waals surface area contributed by atoms with Crippen LogP contribution in [0.3, 0.4) is 0 Å². The Morgan fingerprint density at radius 1 is 1.03 bits per heavy atom. The van der Waals surface area contributed by atoms with Crippen molar-refractivity contribution in [1.29, 1.82) is 0 Å². The number of carbonyl (C=O) groups is 1. The van der Waals surface area contributed by atoms with Gasteiger partial charge in [-0.1, -0.05) is 30.3 Å². The van der Waals surface area contributed by atoms with Crippen molar-refractivity contribution in [2.45, 2.75) is 46.2 Å². The summed E-state index contributed by atoms with van der Waals surface area (Å²) < 4.78 is 1.56. The average Bonchev–Trinajstić information content (AvgIpc) is 2.74. The minimum atomic E-state index is -0.207. The van der Waals surface area contributed by atoms with Crippen LogP contribution in [-0.4, -0.2) is 28.5 Å². The minimum Gasteiger partial charge on any atom is -0.329 e. The molecule has 30 heavy (non-hydrogen) atoms. The molecule has 156 valence electrons. The Kier molecular flexibility index (Phi) is 5.95. The maximum absolute atomic E-state index is 13.2. The first-order valence-corrected chi connectivity index (χ1v) is 10.7. The van der Waals surface area contributed by atoms with Crippen molar-refractivity contribution >= 4 is 22.5 Å². The van der Waals surface area contributed by atoms with Gasteiger partial charge in [-0.25, -0.2) is 4.98 Å². The second kappa shape index (κ2) is 8.79. The first kappa shape index (κ1) is 20.3. The van der Waals surface area contributed by atoms with Crippen LogP contribution in [0.1, 0.15) is 36.2 Å². The van der Waals surface area contributed by atoms with E-state index in [1.807, 2.05) is 50.2 Å². The maximum atomic E-state index is 13.2. The average molecular weight is 406 g/mol. The van der Waals surface area contributed by atoms with Crippen molar-refractivity contribution in [2.24, 2.45) is 0 Å². The standard InChI is InChI=1S/C24H28N4O2/c1-17-9-8-10-18(2)23(17)26-22(29)16-28-21(15-27-13-6-3-7-14-27)25-20-12-5-4-11-19(20)24(28)30/h4-5,8-12H,3,6-7,13-16H2,1-2H3,(H,26,29)/p+1. The molecule has 6 heteroatoms. The first-order chi connectivity index (χ1) is 14.5. The third-order valence-electron chi connectivity index (χ3n) is 5.96. The molecule has 1 amide bonds. The number of nitrogens with zero attached hydrogens (tertiary/aromatic N) is 2. The summed E-state index contributed by atoms with van der Waals surface area (Å²) in [4.78, 5) is 32.4. The molecule has 0 spiro atoms. The Hall–Kier alpha value is -2.99. The molecule has 1 aliphatic rings. The number of fused-ring (bicyclic) bond motifs is 1. The molecule has 1 aliphatic heterocycles. The number of para-hydroxylation sites is 2. The number of anilines is 1. The van der Waals surface area contributed by atoms with Crippen molar-refractivity contribution in [3.63, 3.8) is 0 Å². The van der Waals surface area contributed by atoms with Gasteiger partial charge in [0.05, 0.1) is 24.0 Å². The van der Waals surface area contributed by atoms with Crippen LogP contribution in [0.15, 0.2) is 47.3 Å². The van der Waals surface area contributed by atoms with Crippen LogP contribution in [0.4, 0.5) is 5.69 Å². The maximum Gasteiger partial charge on any atom is 0.262 e. The van der Waals surface area contributed by atoms with Gasteiger partial charge in [0.2, 0.25) is 5.91 Å². The number of hydrogen-bond acceptors (Lipinski definition) is 3. The van der Waals surface area contributed by atoms with Gasteiger partial charge in [0, 0.05) is 5.69 Å². The van der Waals surface area contributed by atoms with E-state index in [1.165, 1.54) is 24.2 Å². The van der Waals surface area contributed by atoms with Crippen molar-refractivity contribution in [1.82, 2.24) is 9.55 Å². The first-order valence-electron chi connectivity index (χ1n) is 10.7. The summed E-state index contributed by atoms with van der Waals surface area (Å²) in [6.07, 6.45) is 3.65. The molecule has 1 saturated heterocycles. The molecular formula is C24H29N4O2+. The quantitative estimate of drug-likeness (QED) is 0.684. The van der Waals surface area contributed by atoms with Crippen LogP contribution in [0.5, 0.6) is 0 Å². The van der Waals surface area contributed by atoms with Crippen LogP contribution < -0.4 is 15.8 Å². The normalized spacial score (nSPS) is 14.7.